The number of hydrogen-bond donors (Lipinski definition) is 1. The van der Waals surface area contributed by atoms with Crippen molar-refractivity contribution in [2.45, 2.75) is 32.6 Å². The molecule has 0 fully saturated rings. The molecule has 0 atom stereocenters. The van der Waals surface area contributed by atoms with E-state index in [1.165, 1.54) is 50.3 Å². The molecule has 0 amide bonds. The molecule has 0 saturated carbocycles. The second-order valence-electron chi connectivity index (χ2n) is 3.05. The van der Waals surface area contributed by atoms with Crippen molar-refractivity contribution in [2.75, 3.05) is 29.9 Å². The Balaban J connectivity index is 2.76. The summed E-state index contributed by atoms with van der Waals surface area (Å²) < 4.78 is 0. The van der Waals surface area contributed by atoms with Crippen LogP contribution >= 0.6 is 27.7 Å². The molecule has 0 unspecified atom stereocenters. The number of nitrogens with one attached hydrogen (secondary N) is 1. The molecule has 0 aromatic rings. The zero-order valence-corrected chi connectivity index (χ0v) is 11.1. The fraction of sp³-hybridized carbons (Fsp3) is 1.00. The van der Waals surface area contributed by atoms with Gasteiger partial charge in [-0.25, -0.2) is 0 Å². The van der Waals surface area contributed by atoms with Gasteiger partial charge in [-0.3, -0.25) is 0 Å². The van der Waals surface area contributed by atoms with Crippen molar-refractivity contribution < 1.29 is 0 Å². The van der Waals surface area contributed by atoms with Gasteiger partial charge in [-0.15, -0.1) is 0 Å². The number of unbranched alkanes of at least 4 members (excludes halogenated alkanes) is 3. The highest BCUT2D eigenvalue weighted by Gasteiger charge is 1.89. The Hall–Kier alpha value is 0.790. The molecule has 0 rings (SSSR count). The molecule has 1 N–H and O–H groups in total. The van der Waals surface area contributed by atoms with E-state index in [1.807, 2.05) is 11.8 Å². The van der Waals surface area contributed by atoms with Gasteiger partial charge in [0, 0.05) is 17.6 Å². The van der Waals surface area contributed by atoms with Crippen molar-refractivity contribution in [1.29, 1.82) is 0 Å². The average Bonchev–Trinajstić information content (AvgIpc) is 2.16. The molecule has 0 aromatic carbocycles. The Kier molecular flexibility index (Phi) is 13.6. The van der Waals surface area contributed by atoms with Crippen LogP contribution in [0.2, 0.25) is 0 Å². The summed E-state index contributed by atoms with van der Waals surface area (Å²) in [6, 6.07) is 0. The van der Waals surface area contributed by atoms with Crippen LogP contribution in [-0.4, -0.2) is 29.9 Å². The van der Waals surface area contributed by atoms with Crippen molar-refractivity contribution in [2.24, 2.45) is 0 Å². The van der Waals surface area contributed by atoms with Gasteiger partial charge in [-0.05, 0) is 25.1 Å². The Labute approximate surface area is 95.6 Å². The lowest BCUT2D eigenvalue weighted by Crippen LogP contribution is -2.18. The molecule has 3 heteroatoms. The molecule has 1 nitrogen and oxygen atoms in total. The van der Waals surface area contributed by atoms with Crippen LogP contribution in [0, 0.1) is 0 Å². The van der Waals surface area contributed by atoms with E-state index in [9.17, 15) is 0 Å². The molecule has 0 bridgehead atoms. The monoisotopic (exact) mass is 267 g/mol. The zero-order chi connectivity index (χ0) is 9.78. The maximum Gasteiger partial charge on any atom is 0.00579 e. The maximum absolute atomic E-state index is 3.46. The molecule has 0 aromatic heterocycles. The minimum Gasteiger partial charge on any atom is -0.316 e. The van der Waals surface area contributed by atoms with Crippen molar-refractivity contribution in [1.82, 2.24) is 5.32 Å². The number of thioether (sulfide) groups is 1. The van der Waals surface area contributed by atoms with E-state index in [2.05, 4.69) is 28.2 Å². The van der Waals surface area contributed by atoms with Crippen LogP contribution in [0.4, 0.5) is 0 Å². The van der Waals surface area contributed by atoms with Crippen molar-refractivity contribution in [3.63, 3.8) is 0 Å². The summed E-state index contributed by atoms with van der Waals surface area (Å²) >= 11 is 5.45. The molecule has 0 radical (unpaired) electrons. The van der Waals surface area contributed by atoms with Gasteiger partial charge in [0.25, 0.3) is 0 Å². The summed E-state index contributed by atoms with van der Waals surface area (Å²) in [6.07, 6.45) is 5.41. The average molecular weight is 268 g/mol. The summed E-state index contributed by atoms with van der Waals surface area (Å²) in [4.78, 5) is 0. The molecule has 0 spiro atoms. The van der Waals surface area contributed by atoms with Gasteiger partial charge in [-0.2, -0.15) is 11.8 Å². The van der Waals surface area contributed by atoms with Gasteiger partial charge >= 0.3 is 0 Å². The summed E-state index contributed by atoms with van der Waals surface area (Å²) in [7, 11) is 0. The van der Waals surface area contributed by atoms with E-state index in [1.54, 1.807) is 0 Å². The molecule has 0 aliphatic heterocycles. The standard InChI is InChI=1S/C10H22BrNS/c1-2-13-10-9-12-8-6-4-3-5-7-11/h12H,2-10H2,1H3. The first-order chi connectivity index (χ1) is 6.41. The van der Waals surface area contributed by atoms with Crippen molar-refractivity contribution >= 4 is 27.7 Å². The van der Waals surface area contributed by atoms with Gasteiger partial charge in [0.15, 0.2) is 0 Å². The summed E-state index contributed by atoms with van der Waals surface area (Å²) in [5.74, 6) is 2.50. The normalized spacial score (nSPS) is 10.6. The van der Waals surface area contributed by atoms with Gasteiger partial charge in [0.2, 0.25) is 0 Å². The summed E-state index contributed by atoms with van der Waals surface area (Å²) in [5, 5.41) is 4.62. The van der Waals surface area contributed by atoms with E-state index < -0.39 is 0 Å². The lowest BCUT2D eigenvalue weighted by Gasteiger charge is -2.03. The Bertz CT molecular complexity index is 81.0. The molecule has 0 aliphatic carbocycles. The highest BCUT2D eigenvalue weighted by atomic mass is 79.9. The van der Waals surface area contributed by atoms with Crippen LogP contribution in [0.3, 0.4) is 0 Å². The summed E-state index contributed by atoms with van der Waals surface area (Å²) in [6.45, 7) is 4.59. The molecule has 80 valence electrons. The van der Waals surface area contributed by atoms with Crippen LogP contribution in [0.5, 0.6) is 0 Å². The number of rotatable bonds is 10. The third-order valence-electron chi connectivity index (χ3n) is 1.86. The third-order valence-corrected chi connectivity index (χ3v) is 3.33. The van der Waals surface area contributed by atoms with E-state index in [-0.39, 0.29) is 0 Å². The first kappa shape index (κ1) is 13.8. The Morgan fingerprint density at radius 3 is 2.54 bits per heavy atom. The third kappa shape index (κ3) is 12.8. The smallest absolute Gasteiger partial charge is 0.00579 e. The largest absolute Gasteiger partial charge is 0.316 e. The molecule has 0 heterocycles. The second-order valence-corrected chi connectivity index (χ2v) is 5.24. The van der Waals surface area contributed by atoms with Crippen molar-refractivity contribution in [3.05, 3.63) is 0 Å². The van der Waals surface area contributed by atoms with Gasteiger partial charge in [0.05, 0.1) is 0 Å². The van der Waals surface area contributed by atoms with E-state index in [0.717, 1.165) is 5.33 Å². The van der Waals surface area contributed by atoms with E-state index >= 15 is 0 Å². The quantitative estimate of drug-likeness (QED) is 0.482. The highest BCUT2D eigenvalue weighted by Crippen LogP contribution is 2.01. The first-order valence-electron chi connectivity index (χ1n) is 5.26. The van der Waals surface area contributed by atoms with Crippen molar-refractivity contribution in [3.8, 4) is 0 Å². The van der Waals surface area contributed by atoms with Crippen LogP contribution in [-0.2, 0) is 0 Å². The second kappa shape index (κ2) is 12.8. The topological polar surface area (TPSA) is 12.0 Å². The van der Waals surface area contributed by atoms with Crippen LogP contribution in [0.25, 0.3) is 0 Å². The molecular formula is C10H22BrNS. The molecule has 0 saturated heterocycles. The van der Waals surface area contributed by atoms with Gasteiger partial charge < -0.3 is 5.32 Å². The highest BCUT2D eigenvalue weighted by molar-refractivity contribution is 9.09. The fourth-order valence-corrected chi connectivity index (χ4v) is 2.09. The first-order valence-corrected chi connectivity index (χ1v) is 7.53. The Morgan fingerprint density at radius 1 is 1.08 bits per heavy atom. The van der Waals surface area contributed by atoms with Crippen LogP contribution < -0.4 is 5.32 Å². The number of alkyl halides is 1. The lowest BCUT2D eigenvalue weighted by atomic mass is 10.2. The van der Waals surface area contributed by atoms with E-state index in [0.29, 0.717) is 0 Å². The fourth-order valence-electron chi connectivity index (χ4n) is 1.11. The number of hydrogen-bond acceptors (Lipinski definition) is 2. The SMILES string of the molecule is CCSCCNCCCCCCBr. The molecular weight excluding hydrogens is 246 g/mol. The van der Waals surface area contributed by atoms with Gasteiger partial charge in [0.1, 0.15) is 0 Å². The van der Waals surface area contributed by atoms with Crippen LogP contribution in [0.15, 0.2) is 0 Å². The summed E-state index contributed by atoms with van der Waals surface area (Å²) in [5.41, 5.74) is 0. The van der Waals surface area contributed by atoms with E-state index in [4.69, 9.17) is 0 Å². The minimum atomic E-state index is 1.16. The van der Waals surface area contributed by atoms with Crippen LogP contribution in [0.1, 0.15) is 32.6 Å². The minimum absolute atomic E-state index is 1.16. The zero-order valence-electron chi connectivity index (χ0n) is 8.65. The maximum atomic E-state index is 3.46. The lowest BCUT2D eigenvalue weighted by molar-refractivity contribution is 0.615. The number of halogens is 1. The van der Waals surface area contributed by atoms with Gasteiger partial charge in [-0.1, -0.05) is 35.7 Å². The molecule has 0 aliphatic rings. The predicted molar refractivity (Wildman–Crippen MR) is 68.1 cm³/mol. The molecule has 13 heavy (non-hydrogen) atoms. The Morgan fingerprint density at radius 2 is 1.85 bits per heavy atom. The predicted octanol–water partition coefficient (Wildman–Crippen LogP) is 3.28.